The van der Waals surface area contributed by atoms with Gasteiger partial charge in [0.15, 0.2) is 0 Å². The van der Waals surface area contributed by atoms with Crippen molar-refractivity contribution in [2.45, 2.75) is 23.3 Å². The highest BCUT2D eigenvalue weighted by Gasteiger charge is 2.29. The molecule has 1 N–H and O–H groups in total. The molecule has 0 bridgehead atoms. The first-order valence-corrected chi connectivity index (χ1v) is 16.4. The molecule has 2 saturated heterocycles. The summed E-state index contributed by atoms with van der Waals surface area (Å²) in [7, 11) is -7.13. The van der Waals surface area contributed by atoms with Crippen LogP contribution in [-0.4, -0.2) is 88.7 Å². The minimum absolute atomic E-state index is 0.172. The number of hydrogen-bond acceptors (Lipinski definition) is 7. The molecule has 0 radical (unpaired) electrons. The van der Waals surface area contributed by atoms with Gasteiger partial charge in [0.05, 0.1) is 23.0 Å². The number of carbonyl (C=O) groups is 1. The summed E-state index contributed by atoms with van der Waals surface area (Å²) < 4.78 is 59.8. The van der Waals surface area contributed by atoms with Crippen LogP contribution in [0, 0.1) is 6.92 Å². The van der Waals surface area contributed by atoms with Crippen molar-refractivity contribution < 1.29 is 26.4 Å². The molecule has 2 aliphatic heterocycles. The lowest BCUT2D eigenvalue weighted by Crippen LogP contribution is -2.48. The van der Waals surface area contributed by atoms with E-state index in [1.54, 1.807) is 42.5 Å². The lowest BCUT2D eigenvalue weighted by Gasteiger charge is -2.34. The molecule has 0 aliphatic carbocycles. The third-order valence-electron chi connectivity index (χ3n) is 7.31. The predicted octanol–water partition coefficient (Wildman–Crippen LogP) is 2.77. The average molecular weight is 599 g/mol. The van der Waals surface area contributed by atoms with Crippen molar-refractivity contribution in [2.24, 2.45) is 0 Å². The number of piperazine rings is 1. The summed E-state index contributed by atoms with van der Waals surface area (Å²) in [5.74, 6) is -0.301. The Kier molecular flexibility index (Phi) is 8.88. The third-order valence-corrected chi connectivity index (χ3v) is 11.1. The highest BCUT2D eigenvalue weighted by Crippen LogP contribution is 2.21. The zero-order chi connectivity index (χ0) is 29.0. The van der Waals surface area contributed by atoms with E-state index in [4.69, 9.17) is 4.74 Å². The maximum Gasteiger partial charge on any atom is 0.255 e. The number of nitrogens with one attached hydrogen (secondary N) is 1. The first-order chi connectivity index (χ1) is 19.6. The number of anilines is 1. The molecule has 2 aliphatic rings. The van der Waals surface area contributed by atoms with Crippen LogP contribution in [0.4, 0.5) is 5.69 Å². The van der Waals surface area contributed by atoms with Crippen LogP contribution in [0.1, 0.15) is 21.5 Å². The number of benzene rings is 3. The topological polar surface area (TPSA) is 116 Å². The number of nitrogens with zero attached hydrogens (tertiary/aromatic N) is 3. The van der Waals surface area contributed by atoms with Gasteiger partial charge in [-0.2, -0.15) is 8.61 Å². The van der Waals surface area contributed by atoms with Crippen LogP contribution < -0.4 is 5.32 Å². The number of carbonyl (C=O) groups excluding carboxylic acids is 1. The number of morpholine rings is 1. The van der Waals surface area contributed by atoms with E-state index in [1.165, 1.54) is 20.7 Å². The monoisotopic (exact) mass is 598 g/mol. The number of sulfonamides is 2. The van der Waals surface area contributed by atoms with E-state index < -0.39 is 20.0 Å². The van der Waals surface area contributed by atoms with Crippen molar-refractivity contribution in [3.8, 4) is 0 Å². The third kappa shape index (κ3) is 6.85. The SMILES string of the molecule is Cc1ccc(S(=O)(=O)N2CCN(Cc3cccc(C(=O)Nc4ccc(S(=O)(=O)N5CCOCC5)cc4)c3)CC2)cc1. The van der Waals surface area contributed by atoms with Gasteiger partial charge in [-0.25, -0.2) is 16.8 Å². The summed E-state index contributed by atoms with van der Waals surface area (Å²) in [5.41, 5.74) is 2.93. The van der Waals surface area contributed by atoms with Gasteiger partial charge in [0.1, 0.15) is 0 Å². The maximum absolute atomic E-state index is 13.0. The van der Waals surface area contributed by atoms with Crippen LogP contribution in [0.2, 0.25) is 0 Å². The number of hydrogen-bond donors (Lipinski definition) is 1. The Hall–Kier alpha value is -3.13. The molecule has 2 fully saturated rings. The van der Waals surface area contributed by atoms with Crippen LogP contribution in [-0.2, 0) is 31.3 Å². The largest absolute Gasteiger partial charge is 0.379 e. The van der Waals surface area contributed by atoms with Crippen molar-refractivity contribution >= 4 is 31.6 Å². The van der Waals surface area contributed by atoms with E-state index in [-0.39, 0.29) is 10.8 Å². The minimum Gasteiger partial charge on any atom is -0.379 e. The molecule has 218 valence electrons. The molecular weight excluding hydrogens is 564 g/mol. The Morgan fingerprint density at radius 1 is 0.756 bits per heavy atom. The molecule has 12 heteroatoms. The van der Waals surface area contributed by atoms with Crippen molar-refractivity contribution in [3.63, 3.8) is 0 Å². The highest BCUT2D eigenvalue weighted by atomic mass is 32.2. The first-order valence-electron chi connectivity index (χ1n) is 13.5. The quantitative estimate of drug-likeness (QED) is 0.424. The summed E-state index contributed by atoms with van der Waals surface area (Å²) in [6.07, 6.45) is 0. The van der Waals surface area contributed by atoms with Gasteiger partial charge in [0.25, 0.3) is 5.91 Å². The van der Waals surface area contributed by atoms with Crippen molar-refractivity contribution in [3.05, 3.63) is 89.5 Å². The highest BCUT2D eigenvalue weighted by molar-refractivity contribution is 7.89. The van der Waals surface area contributed by atoms with Crippen molar-refractivity contribution in [1.29, 1.82) is 0 Å². The molecule has 2 heterocycles. The molecule has 5 rings (SSSR count). The fourth-order valence-electron chi connectivity index (χ4n) is 4.91. The van der Waals surface area contributed by atoms with Crippen LogP contribution in [0.5, 0.6) is 0 Å². The predicted molar refractivity (Wildman–Crippen MR) is 156 cm³/mol. The lowest BCUT2D eigenvalue weighted by molar-refractivity contribution is 0.0730. The summed E-state index contributed by atoms with van der Waals surface area (Å²) in [6, 6.07) is 20.4. The zero-order valence-electron chi connectivity index (χ0n) is 22.9. The molecule has 41 heavy (non-hydrogen) atoms. The zero-order valence-corrected chi connectivity index (χ0v) is 24.5. The van der Waals surface area contributed by atoms with E-state index in [9.17, 15) is 21.6 Å². The summed E-state index contributed by atoms with van der Waals surface area (Å²) in [5, 5.41) is 2.83. The summed E-state index contributed by atoms with van der Waals surface area (Å²) in [4.78, 5) is 15.6. The Balaban J connectivity index is 1.16. The Bertz CT molecular complexity index is 1580. The van der Waals surface area contributed by atoms with E-state index >= 15 is 0 Å². The number of ether oxygens (including phenoxy) is 1. The standard InChI is InChI=1S/C29H34N4O6S2/c1-23-5-9-27(10-6-23)40(35,36)32-15-13-31(14-16-32)22-24-3-2-4-25(21-24)29(34)30-26-7-11-28(12-8-26)41(37,38)33-17-19-39-20-18-33/h2-12,21H,13-20,22H2,1H3,(H,30,34). The van der Waals surface area contributed by atoms with Gasteiger partial charge in [-0.15, -0.1) is 0 Å². The van der Waals surface area contributed by atoms with Crippen LogP contribution in [0.25, 0.3) is 0 Å². The van der Waals surface area contributed by atoms with Gasteiger partial charge < -0.3 is 10.1 Å². The van der Waals surface area contributed by atoms with Gasteiger partial charge in [-0.3, -0.25) is 9.69 Å². The molecular formula is C29H34N4O6S2. The van der Waals surface area contributed by atoms with Gasteiger partial charge >= 0.3 is 0 Å². The first kappa shape index (κ1) is 29.4. The van der Waals surface area contributed by atoms with Crippen molar-refractivity contribution in [1.82, 2.24) is 13.5 Å². The Labute approximate surface area is 241 Å². The molecule has 0 spiro atoms. The molecule has 3 aromatic rings. The summed E-state index contributed by atoms with van der Waals surface area (Å²) in [6.45, 7) is 5.86. The molecule has 0 aromatic heterocycles. The molecule has 10 nitrogen and oxygen atoms in total. The Morgan fingerprint density at radius 2 is 1.32 bits per heavy atom. The van der Waals surface area contributed by atoms with Crippen molar-refractivity contribution in [2.75, 3.05) is 57.8 Å². The lowest BCUT2D eigenvalue weighted by atomic mass is 10.1. The smallest absolute Gasteiger partial charge is 0.255 e. The van der Waals surface area contributed by atoms with E-state index in [0.29, 0.717) is 75.2 Å². The van der Waals surface area contributed by atoms with E-state index in [0.717, 1.165) is 11.1 Å². The van der Waals surface area contributed by atoms with Gasteiger partial charge in [0, 0.05) is 57.1 Å². The second kappa shape index (κ2) is 12.4. The molecule has 3 aromatic carbocycles. The van der Waals surface area contributed by atoms with Crippen LogP contribution in [0.15, 0.2) is 82.6 Å². The minimum atomic E-state index is -3.61. The van der Waals surface area contributed by atoms with Gasteiger partial charge in [-0.05, 0) is 61.0 Å². The normalized spacial score (nSPS) is 17.8. The van der Waals surface area contributed by atoms with Crippen LogP contribution >= 0.6 is 0 Å². The fraction of sp³-hybridized carbons (Fsp3) is 0.345. The average Bonchev–Trinajstić information content (AvgIpc) is 2.98. The summed E-state index contributed by atoms with van der Waals surface area (Å²) >= 11 is 0. The molecule has 1 amide bonds. The number of rotatable bonds is 8. The van der Waals surface area contributed by atoms with E-state index in [2.05, 4.69) is 10.2 Å². The molecule has 0 unspecified atom stereocenters. The molecule has 0 saturated carbocycles. The number of amides is 1. The van der Waals surface area contributed by atoms with Gasteiger partial charge in [0.2, 0.25) is 20.0 Å². The van der Waals surface area contributed by atoms with Gasteiger partial charge in [-0.1, -0.05) is 29.8 Å². The Morgan fingerprint density at radius 3 is 1.93 bits per heavy atom. The maximum atomic E-state index is 13.0. The number of aryl methyl sites for hydroxylation is 1. The second-order valence-electron chi connectivity index (χ2n) is 10.2. The van der Waals surface area contributed by atoms with Crippen LogP contribution in [0.3, 0.4) is 0 Å². The van der Waals surface area contributed by atoms with E-state index in [1.807, 2.05) is 25.1 Å². The molecule has 0 atom stereocenters. The second-order valence-corrected chi connectivity index (χ2v) is 14.1. The fourth-order valence-corrected chi connectivity index (χ4v) is 7.74.